The number of nitrogens with zero attached hydrogens (tertiary/aromatic N) is 1. The highest BCUT2D eigenvalue weighted by Crippen LogP contribution is 2.62. The Labute approximate surface area is 208 Å². The zero-order chi connectivity index (χ0) is 24.8. The summed E-state index contributed by atoms with van der Waals surface area (Å²) in [5.74, 6) is 0.396. The molecule has 2 aromatic rings. The second-order valence-electron chi connectivity index (χ2n) is 11.3. The molecule has 4 aliphatic carbocycles. The van der Waals surface area contributed by atoms with Gasteiger partial charge in [0.05, 0.1) is 11.7 Å². The van der Waals surface area contributed by atoms with Crippen molar-refractivity contribution in [3.8, 4) is 0 Å². The zero-order valence-electron chi connectivity index (χ0n) is 21.1. The topological polar surface area (TPSA) is 82.5 Å². The maximum absolute atomic E-state index is 13.5. The second-order valence-corrected chi connectivity index (χ2v) is 11.3. The number of nitrogens with one attached hydrogen (secondary N) is 1. The van der Waals surface area contributed by atoms with Crippen molar-refractivity contribution >= 4 is 16.6 Å². The van der Waals surface area contributed by atoms with Crippen LogP contribution in [0.3, 0.4) is 0 Å². The number of carbonyl (C=O) groups excluding carboxylic acids is 1. The normalized spacial score (nSPS) is 36.1. The van der Waals surface area contributed by atoms with Gasteiger partial charge in [-0.15, -0.1) is 0 Å². The fraction of sp³-hybridized carbons (Fsp3) is 0.533. The van der Waals surface area contributed by atoms with E-state index < -0.39 is 5.60 Å². The number of Topliss-reactive ketones (excluding diaryl/α,β-unsaturated/α-hetero) is 1. The average molecular weight is 475 g/mol. The number of pyridine rings is 1. The summed E-state index contributed by atoms with van der Waals surface area (Å²) >= 11 is 0. The third-order valence-corrected chi connectivity index (χ3v) is 9.08. The fourth-order valence-electron chi connectivity index (χ4n) is 7.38. The van der Waals surface area contributed by atoms with Crippen molar-refractivity contribution in [2.24, 2.45) is 17.3 Å². The largest absolute Gasteiger partial charge is 0.393 e. The van der Waals surface area contributed by atoms with Crippen molar-refractivity contribution in [2.75, 3.05) is 14.1 Å². The van der Waals surface area contributed by atoms with Crippen LogP contribution in [0, 0.1) is 17.3 Å². The zero-order valence-corrected chi connectivity index (χ0v) is 21.1. The molecule has 5 heteroatoms. The summed E-state index contributed by atoms with van der Waals surface area (Å²) in [6.07, 6.45) is 13.2. The lowest BCUT2D eigenvalue weighted by molar-refractivity contribution is -0.119. The fourth-order valence-corrected chi connectivity index (χ4v) is 7.38. The van der Waals surface area contributed by atoms with Gasteiger partial charge in [0.15, 0.2) is 0 Å². The van der Waals surface area contributed by atoms with Gasteiger partial charge in [-0.1, -0.05) is 36.8 Å². The number of hydrogen-bond acceptors (Lipinski definition) is 5. The van der Waals surface area contributed by atoms with E-state index in [2.05, 4.69) is 47.6 Å². The van der Waals surface area contributed by atoms with Gasteiger partial charge in [-0.25, -0.2) is 0 Å². The lowest BCUT2D eigenvalue weighted by Gasteiger charge is -2.48. The molecule has 1 aromatic carbocycles. The van der Waals surface area contributed by atoms with Crippen molar-refractivity contribution in [3.05, 3.63) is 65.5 Å². The van der Waals surface area contributed by atoms with Crippen molar-refractivity contribution in [1.29, 1.82) is 0 Å². The number of ketones is 1. The number of aliphatic hydroxyl groups is 2. The minimum absolute atomic E-state index is 0.0842. The number of rotatable bonds is 1. The predicted octanol–water partition coefficient (Wildman–Crippen LogP) is 4.69. The van der Waals surface area contributed by atoms with Crippen LogP contribution < -0.4 is 5.32 Å². The SMILES string of the molecule is CC12CC=C3C=C4CC(O)CCC4CC[C@]3(O)C1CC(=O)C2c1ccc2ccncc2c1.CNC. The van der Waals surface area contributed by atoms with Crippen LogP contribution in [-0.4, -0.2) is 46.8 Å². The monoisotopic (exact) mass is 474 g/mol. The molecule has 0 saturated heterocycles. The number of benzene rings is 1. The number of aliphatic hydroxyl groups excluding tert-OH is 1. The Morgan fingerprint density at radius 1 is 1.09 bits per heavy atom. The average Bonchev–Trinajstić information content (AvgIpc) is 3.02. The molecular weight excluding hydrogens is 436 g/mol. The van der Waals surface area contributed by atoms with Gasteiger partial charge in [0, 0.05) is 36.0 Å². The van der Waals surface area contributed by atoms with Gasteiger partial charge in [-0.05, 0) is 92.6 Å². The van der Waals surface area contributed by atoms with E-state index in [1.54, 1.807) is 6.20 Å². The molecule has 35 heavy (non-hydrogen) atoms. The highest BCUT2D eigenvalue weighted by atomic mass is 16.3. The van der Waals surface area contributed by atoms with Gasteiger partial charge >= 0.3 is 0 Å². The summed E-state index contributed by atoms with van der Waals surface area (Å²) in [5.41, 5.74) is 2.05. The lowest BCUT2D eigenvalue weighted by atomic mass is 9.58. The molecule has 0 aliphatic heterocycles. The molecule has 1 aromatic heterocycles. The highest BCUT2D eigenvalue weighted by molar-refractivity contribution is 5.92. The van der Waals surface area contributed by atoms with Crippen molar-refractivity contribution in [2.45, 2.75) is 69.5 Å². The molecule has 6 rings (SSSR count). The molecule has 2 fully saturated rings. The maximum atomic E-state index is 13.5. The summed E-state index contributed by atoms with van der Waals surface area (Å²) in [5, 5.41) is 27.3. The number of fused-ring (bicyclic) bond motifs is 5. The molecule has 186 valence electrons. The Balaban J connectivity index is 0.000000806. The van der Waals surface area contributed by atoms with E-state index in [4.69, 9.17) is 0 Å². The molecule has 0 bridgehead atoms. The van der Waals surface area contributed by atoms with Crippen molar-refractivity contribution < 1.29 is 15.0 Å². The summed E-state index contributed by atoms with van der Waals surface area (Å²) in [6, 6.07) is 8.29. The Bertz CT molecular complexity index is 1190. The molecule has 0 amide bonds. The second kappa shape index (κ2) is 9.27. The quantitative estimate of drug-likeness (QED) is 0.559. The molecule has 5 nitrogen and oxygen atoms in total. The van der Waals surface area contributed by atoms with Gasteiger partial charge in [-0.3, -0.25) is 9.78 Å². The van der Waals surface area contributed by atoms with Crippen LogP contribution in [0.1, 0.15) is 63.4 Å². The minimum atomic E-state index is -0.967. The third-order valence-electron chi connectivity index (χ3n) is 9.08. The van der Waals surface area contributed by atoms with Crippen LogP contribution in [0.5, 0.6) is 0 Å². The number of carbonyl (C=O) groups is 1. The Morgan fingerprint density at radius 3 is 2.69 bits per heavy atom. The Kier molecular flexibility index (Phi) is 6.45. The van der Waals surface area contributed by atoms with Crippen LogP contribution in [0.4, 0.5) is 0 Å². The molecule has 0 radical (unpaired) electrons. The van der Waals surface area contributed by atoms with Gasteiger partial charge in [-0.2, -0.15) is 0 Å². The molecule has 0 spiro atoms. The van der Waals surface area contributed by atoms with E-state index in [-0.39, 0.29) is 29.1 Å². The molecule has 4 aliphatic rings. The third kappa shape index (κ3) is 4.08. The summed E-state index contributed by atoms with van der Waals surface area (Å²) < 4.78 is 0. The summed E-state index contributed by atoms with van der Waals surface area (Å²) in [7, 11) is 3.75. The molecule has 5 unspecified atom stereocenters. The number of aromatic nitrogens is 1. The molecular formula is C30H38N2O3. The molecule has 6 atom stereocenters. The van der Waals surface area contributed by atoms with E-state index in [9.17, 15) is 15.0 Å². The van der Waals surface area contributed by atoms with Crippen molar-refractivity contribution in [3.63, 3.8) is 0 Å². The van der Waals surface area contributed by atoms with E-state index in [0.29, 0.717) is 25.2 Å². The van der Waals surface area contributed by atoms with Crippen LogP contribution in [0.25, 0.3) is 10.8 Å². The standard InChI is InChI=1S/C28H31NO3.C2H7N/c1-27-9-7-22-13-20-14-23(30)5-4-17(20)6-10-28(22,32)25(27)15-24(31)26(27)19-3-2-18-8-11-29-16-21(18)12-19;1-3-2/h2-3,7-8,11-13,16-17,23,25-26,30,32H,4-6,9-10,14-15H2,1H3;3H,1-2H3/t17?,23?,25?,26?,27?,28-;/m1./s1. The van der Waals surface area contributed by atoms with E-state index >= 15 is 0 Å². The van der Waals surface area contributed by atoms with Gasteiger partial charge < -0.3 is 15.5 Å². The summed E-state index contributed by atoms with van der Waals surface area (Å²) in [6.45, 7) is 2.21. The maximum Gasteiger partial charge on any atom is 0.141 e. The first kappa shape index (κ1) is 24.4. The number of hydrogen-bond donors (Lipinski definition) is 3. The minimum Gasteiger partial charge on any atom is -0.393 e. The van der Waals surface area contributed by atoms with Crippen LogP contribution in [-0.2, 0) is 4.79 Å². The number of allylic oxidation sites excluding steroid dienone is 1. The highest BCUT2D eigenvalue weighted by Gasteiger charge is 2.61. The summed E-state index contributed by atoms with van der Waals surface area (Å²) in [4.78, 5) is 17.7. The molecule has 2 saturated carbocycles. The van der Waals surface area contributed by atoms with E-state index in [1.165, 1.54) is 5.57 Å². The first-order valence-electron chi connectivity index (χ1n) is 13.1. The first-order chi connectivity index (χ1) is 16.8. The van der Waals surface area contributed by atoms with Crippen LogP contribution in [0.15, 0.2) is 60.0 Å². The van der Waals surface area contributed by atoms with Gasteiger partial charge in [0.25, 0.3) is 0 Å². The van der Waals surface area contributed by atoms with Crippen LogP contribution in [0.2, 0.25) is 0 Å². The van der Waals surface area contributed by atoms with Crippen LogP contribution >= 0.6 is 0 Å². The van der Waals surface area contributed by atoms with E-state index in [1.807, 2.05) is 26.4 Å². The van der Waals surface area contributed by atoms with Gasteiger partial charge in [0.2, 0.25) is 0 Å². The first-order valence-corrected chi connectivity index (χ1v) is 13.1. The molecule has 3 N–H and O–H groups in total. The van der Waals surface area contributed by atoms with E-state index in [0.717, 1.165) is 47.6 Å². The van der Waals surface area contributed by atoms with Crippen molar-refractivity contribution in [1.82, 2.24) is 10.3 Å². The predicted molar refractivity (Wildman–Crippen MR) is 139 cm³/mol. The Morgan fingerprint density at radius 2 is 1.89 bits per heavy atom. The smallest absolute Gasteiger partial charge is 0.141 e. The van der Waals surface area contributed by atoms with Gasteiger partial charge in [0.1, 0.15) is 5.78 Å². The Hall–Kier alpha value is -2.34. The molecule has 1 heterocycles. The lowest BCUT2D eigenvalue weighted by Crippen LogP contribution is -2.49.